The molecule has 3 rings (SSSR count). The number of benzene rings is 1. The van der Waals surface area contributed by atoms with E-state index >= 15 is 0 Å². The molecule has 1 aliphatic heterocycles. The smallest absolute Gasteiger partial charge is 0.263 e. The van der Waals surface area contributed by atoms with Crippen LogP contribution in [0.15, 0.2) is 30.3 Å². The lowest BCUT2D eigenvalue weighted by Gasteiger charge is -2.09. The van der Waals surface area contributed by atoms with Crippen LogP contribution >= 0.6 is 0 Å². The molecule has 2 heterocycles. The highest BCUT2D eigenvalue weighted by atomic mass is 16.2. The highest BCUT2D eigenvalue weighted by Gasteiger charge is 2.29. The topological polar surface area (TPSA) is 90.0 Å². The molecule has 2 amide bonds. The second-order valence-electron chi connectivity index (χ2n) is 4.72. The van der Waals surface area contributed by atoms with Gasteiger partial charge in [0, 0.05) is 6.54 Å². The number of hydrogen-bond donors (Lipinski definition) is 2. The van der Waals surface area contributed by atoms with Crippen molar-refractivity contribution in [2.24, 2.45) is 0 Å². The molecule has 1 aromatic heterocycles. The molecule has 0 fully saturated rings. The van der Waals surface area contributed by atoms with Gasteiger partial charge in [-0.2, -0.15) is 5.10 Å². The summed E-state index contributed by atoms with van der Waals surface area (Å²) in [6.07, 6.45) is 0.866. The van der Waals surface area contributed by atoms with E-state index in [2.05, 4.69) is 10.4 Å². The molecule has 3 N–H and O–H groups in total. The number of aryl methyl sites for hydroxylation is 2. The van der Waals surface area contributed by atoms with Crippen LogP contribution < -0.4 is 11.1 Å². The first kappa shape index (κ1) is 12.4. The van der Waals surface area contributed by atoms with Crippen molar-refractivity contribution in [1.29, 1.82) is 0 Å². The molecule has 0 saturated carbocycles. The molecule has 0 unspecified atom stereocenters. The molecule has 0 bridgehead atoms. The number of nitrogens with two attached hydrogens (primary N) is 1. The zero-order chi connectivity index (χ0) is 14.1. The quantitative estimate of drug-likeness (QED) is 0.796. The monoisotopic (exact) mass is 270 g/mol. The summed E-state index contributed by atoms with van der Waals surface area (Å²) >= 11 is 0. The Morgan fingerprint density at radius 2 is 2.00 bits per heavy atom. The number of nitrogens with zero attached hydrogens (tertiary/aromatic N) is 2. The number of nitrogens with one attached hydrogen (secondary N) is 1. The Bertz CT molecular complexity index is 676. The lowest BCUT2D eigenvalue weighted by Crippen LogP contribution is -2.37. The van der Waals surface area contributed by atoms with Crippen molar-refractivity contribution in [3.63, 3.8) is 0 Å². The number of amides is 2. The molecule has 0 spiro atoms. The van der Waals surface area contributed by atoms with Crippen molar-refractivity contribution in [3.05, 3.63) is 47.2 Å². The second-order valence-corrected chi connectivity index (χ2v) is 4.72. The summed E-state index contributed by atoms with van der Waals surface area (Å²) in [5, 5.41) is 6.53. The van der Waals surface area contributed by atoms with E-state index in [1.54, 1.807) is 4.68 Å². The van der Waals surface area contributed by atoms with Crippen molar-refractivity contribution < 1.29 is 9.59 Å². The molecule has 6 nitrogen and oxygen atoms in total. The van der Waals surface area contributed by atoms with Crippen molar-refractivity contribution in [1.82, 2.24) is 15.1 Å². The Morgan fingerprint density at radius 3 is 2.75 bits per heavy atom. The van der Waals surface area contributed by atoms with Crippen LogP contribution in [0.1, 0.15) is 21.6 Å². The molecule has 6 heteroatoms. The van der Waals surface area contributed by atoms with Crippen molar-refractivity contribution in [3.8, 4) is 0 Å². The number of aromatic nitrogens is 2. The van der Waals surface area contributed by atoms with Crippen LogP contribution in [0.2, 0.25) is 0 Å². The van der Waals surface area contributed by atoms with Gasteiger partial charge in [-0.3, -0.25) is 14.9 Å². The molecular formula is C14H14N4O2. The number of hydrogen-bond acceptors (Lipinski definition) is 4. The highest BCUT2D eigenvalue weighted by Crippen LogP contribution is 2.20. The van der Waals surface area contributed by atoms with Crippen LogP contribution in [-0.2, 0) is 24.2 Å². The summed E-state index contributed by atoms with van der Waals surface area (Å²) in [6.45, 7) is 0.574. The van der Waals surface area contributed by atoms with Crippen molar-refractivity contribution in [2.45, 2.75) is 19.4 Å². The third-order valence-corrected chi connectivity index (χ3v) is 3.33. The molecule has 0 atom stereocenters. The fourth-order valence-corrected chi connectivity index (χ4v) is 2.33. The first-order valence-electron chi connectivity index (χ1n) is 6.38. The number of imide groups is 1. The largest absolute Gasteiger partial charge is 0.383 e. The van der Waals surface area contributed by atoms with Gasteiger partial charge in [0.1, 0.15) is 11.4 Å². The summed E-state index contributed by atoms with van der Waals surface area (Å²) in [7, 11) is 0. The molecule has 0 aliphatic carbocycles. The SMILES string of the molecule is Nc1c2c(nn1CCc1ccccc1)CC(=O)NC2=O. The molecule has 2 aromatic rings. The predicted molar refractivity (Wildman–Crippen MR) is 73.0 cm³/mol. The molecule has 0 saturated heterocycles. The maximum absolute atomic E-state index is 11.7. The Hall–Kier alpha value is -2.63. The van der Waals surface area contributed by atoms with Gasteiger partial charge in [0.15, 0.2) is 0 Å². The number of nitrogen functional groups attached to an aromatic ring is 1. The van der Waals surface area contributed by atoms with Crippen LogP contribution in [0.4, 0.5) is 5.82 Å². The molecule has 102 valence electrons. The molecule has 1 aromatic carbocycles. The average molecular weight is 270 g/mol. The lowest BCUT2D eigenvalue weighted by molar-refractivity contribution is -0.119. The zero-order valence-corrected chi connectivity index (χ0v) is 10.8. The minimum atomic E-state index is -0.459. The molecule has 20 heavy (non-hydrogen) atoms. The van der Waals surface area contributed by atoms with E-state index in [-0.39, 0.29) is 12.3 Å². The first-order chi connectivity index (χ1) is 9.65. The van der Waals surface area contributed by atoms with Crippen molar-refractivity contribution >= 4 is 17.6 Å². The summed E-state index contributed by atoms with van der Waals surface area (Å²) in [5.74, 6) is -0.476. The van der Waals surface area contributed by atoms with Gasteiger partial charge in [-0.25, -0.2) is 4.68 Å². The normalized spacial score (nSPS) is 14.0. The van der Waals surface area contributed by atoms with E-state index in [1.807, 2.05) is 30.3 Å². The Kier molecular flexibility index (Phi) is 2.98. The van der Waals surface area contributed by atoms with E-state index < -0.39 is 5.91 Å². The average Bonchev–Trinajstić information content (AvgIpc) is 2.74. The standard InChI is InChI=1S/C14H14N4O2/c15-13-12-10(8-11(19)16-14(12)20)17-18(13)7-6-9-4-2-1-3-5-9/h1-5H,6-8,15H2,(H,16,19,20). The van der Waals surface area contributed by atoms with Gasteiger partial charge >= 0.3 is 0 Å². The van der Waals surface area contributed by atoms with E-state index in [0.29, 0.717) is 23.6 Å². The summed E-state index contributed by atoms with van der Waals surface area (Å²) in [6, 6.07) is 9.95. The van der Waals surface area contributed by atoms with E-state index in [9.17, 15) is 9.59 Å². The minimum Gasteiger partial charge on any atom is -0.383 e. The van der Waals surface area contributed by atoms with E-state index in [0.717, 1.165) is 6.42 Å². The van der Waals surface area contributed by atoms with Gasteiger partial charge in [-0.15, -0.1) is 0 Å². The number of carbonyl (C=O) groups excluding carboxylic acids is 2. The fourth-order valence-electron chi connectivity index (χ4n) is 2.33. The second kappa shape index (κ2) is 4.80. The van der Waals surface area contributed by atoms with E-state index in [1.165, 1.54) is 5.56 Å². The first-order valence-corrected chi connectivity index (χ1v) is 6.38. The van der Waals surface area contributed by atoms with Crippen LogP contribution in [0.25, 0.3) is 0 Å². The van der Waals surface area contributed by atoms with Gasteiger partial charge in [0.05, 0.1) is 12.1 Å². The predicted octanol–water partition coefficient (Wildman–Crippen LogP) is 0.520. The minimum absolute atomic E-state index is 0.101. The number of carbonyl (C=O) groups is 2. The van der Waals surface area contributed by atoms with Crippen LogP contribution in [0, 0.1) is 0 Å². The molecular weight excluding hydrogens is 256 g/mol. The van der Waals surface area contributed by atoms with E-state index in [4.69, 9.17) is 5.73 Å². The van der Waals surface area contributed by atoms with Gasteiger partial charge in [0.25, 0.3) is 5.91 Å². The van der Waals surface area contributed by atoms with Crippen LogP contribution in [0.5, 0.6) is 0 Å². The summed E-state index contributed by atoms with van der Waals surface area (Å²) in [5.41, 5.74) is 7.91. The number of fused-ring (bicyclic) bond motifs is 1. The maximum Gasteiger partial charge on any atom is 0.263 e. The zero-order valence-electron chi connectivity index (χ0n) is 10.8. The maximum atomic E-state index is 11.7. The van der Waals surface area contributed by atoms with Gasteiger partial charge in [-0.05, 0) is 12.0 Å². The third-order valence-electron chi connectivity index (χ3n) is 3.33. The van der Waals surface area contributed by atoms with Gasteiger partial charge in [0.2, 0.25) is 5.91 Å². The highest BCUT2D eigenvalue weighted by molar-refractivity contribution is 6.11. The van der Waals surface area contributed by atoms with Crippen molar-refractivity contribution in [2.75, 3.05) is 5.73 Å². The lowest BCUT2D eigenvalue weighted by atomic mass is 10.1. The number of rotatable bonds is 3. The summed E-state index contributed by atoms with van der Waals surface area (Å²) < 4.78 is 1.59. The fraction of sp³-hybridized carbons (Fsp3) is 0.214. The van der Waals surface area contributed by atoms with Crippen LogP contribution in [0.3, 0.4) is 0 Å². The van der Waals surface area contributed by atoms with Gasteiger partial charge in [-0.1, -0.05) is 30.3 Å². The Morgan fingerprint density at radius 1 is 1.25 bits per heavy atom. The third kappa shape index (κ3) is 2.16. The Balaban J connectivity index is 1.83. The number of anilines is 1. The van der Waals surface area contributed by atoms with Gasteiger partial charge < -0.3 is 5.73 Å². The molecule has 1 aliphatic rings. The Labute approximate surface area is 115 Å². The summed E-state index contributed by atoms with van der Waals surface area (Å²) in [4.78, 5) is 23.1. The molecule has 0 radical (unpaired) electrons. The van der Waals surface area contributed by atoms with Crippen LogP contribution in [-0.4, -0.2) is 21.6 Å².